The van der Waals surface area contributed by atoms with Crippen LogP contribution in [0, 0.1) is 5.92 Å². The molecule has 0 aromatic carbocycles. The van der Waals surface area contributed by atoms with Gasteiger partial charge in [-0.15, -0.1) is 0 Å². The number of hydrogen-bond acceptors (Lipinski definition) is 16. The molecule has 3 rings (SSSR count). The Morgan fingerprint density at radius 2 is 1.74 bits per heavy atom. The molecular weight excluding hydrogens is 574 g/mol. The molecule has 0 aromatic heterocycles. The monoisotopic (exact) mass is 625 g/mol. The maximum atomic E-state index is 12.9. The molecule has 252 valence electrons. The largest absolute Gasteiger partial charge is 0.395 e. The Morgan fingerprint density at radius 3 is 2.40 bits per heavy atom. The topological polar surface area (TPSA) is 298 Å². The minimum Gasteiger partial charge on any atom is -0.395 e. The molecular formula is C26H51N5O12. The third-order valence-electron chi connectivity index (χ3n) is 8.66. The second-order valence-corrected chi connectivity index (χ2v) is 12.1. The zero-order valence-electron chi connectivity index (χ0n) is 24.6. The normalized spacial score (nSPS) is 42.7. The molecule has 1 saturated carbocycles. The summed E-state index contributed by atoms with van der Waals surface area (Å²) in [7, 11) is 0. The quantitative estimate of drug-likeness (QED) is 0.0847. The van der Waals surface area contributed by atoms with Gasteiger partial charge in [0.2, 0.25) is 0 Å². The summed E-state index contributed by atoms with van der Waals surface area (Å²) >= 11 is 0. The van der Waals surface area contributed by atoms with Gasteiger partial charge in [0.15, 0.2) is 12.6 Å². The molecule has 0 spiro atoms. The van der Waals surface area contributed by atoms with Gasteiger partial charge in [-0.2, -0.15) is 0 Å². The van der Waals surface area contributed by atoms with Crippen molar-refractivity contribution in [1.82, 2.24) is 10.6 Å². The summed E-state index contributed by atoms with van der Waals surface area (Å²) in [5, 5.41) is 76.8. The molecule has 2 heterocycles. The summed E-state index contributed by atoms with van der Waals surface area (Å²) in [5.41, 5.74) is 17.0. The summed E-state index contributed by atoms with van der Waals surface area (Å²) in [5.74, 6) is -1.70. The molecule has 17 nitrogen and oxygen atoms in total. The molecule has 3 fully saturated rings. The fourth-order valence-electron chi connectivity index (χ4n) is 5.52. The van der Waals surface area contributed by atoms with Crippen molar-refractivity contribution in [3.05, 3.63) is 0 Å². The molecule has 0 aromatic rings. The third-order valence-corrected chi connectivity index (χ3v) is 8.66. The van der Waals surface area contributed by atoms with Gasteiger partial charge in [-0.3, -0.25) is 4.79 Å². The van der Waals surface area contributed by atoms with Crippen molar-refractivity contribution >= 4 is 5.91 Å². The van der Waals surface area contributed by atoms with E-state index in [2.05, 4.69) is 10.6 Å². The second kappa shape index (κ2) is 15.9. The first-order valence-corrected chi connectivity index (χ1v) is 14.7. The first-order valence-electron chi connectivity index (χ1n) is 14.7. The van der Waals surface area contributed by atoms with Crippen molar-refractivity contribution in [3.63, 3.8) is 0 Å². The SMILES string of the molecule is C[C@@H]1C(O)[C@@H](OC2C(O)C(O[C@H]3O[C@H](CNCCO)CCC3N)[C@@H](N)C[C@H]2NC(=O)[C@@H](O)[C@@H](N)[C@@H](O)CO)OCC1(C)O. The highest BCUT2D eigenvalue weighted by Crippen LogP contribution is 2.34. The van der Waals surface area contributed by atoms with Crippen molar-refractivity contribution in [3.8, 4) is 0 Å². The van der Waals surface area contributed by atoms with E-state index >= 15 is 0 Å². The van der Waals surface area contributed by atoms with Crippen LogP contribution in [0.3, 0.4) is 0 Å². The number of nitrogens with two attached hydrogens (primary N) is 3. The van der Waals surface area contributed by atoms with Crippen LogP contribution in [-0.2, 0) is 23.7 Å². The number of carbonyl (C=O) groups is 1. The lowest BCUT2D eigenvalue weighted by Gasteiger charge is -2.48. The fourth-order valence-corrected chi connectivity index (χ4v) is 5.52. The summed E-state index contributed by atoms with van der Waals surface area (Å²) in [6.07, 6.45) is -10.1. The van der Waals surface area contributed by atoms with E-state index in [0.717, 1.165) is 0 Å². The van der Waals surface area contributed by atoms with E-state index in [1.165, 1.54) is 6.92 Å². The zero-order chi connectivity index (χ0) is 32.1. The third kappa shape index (κ3) is 8.99. The molecule has 0 bridgehead atoms. The van der Waals surface area contributed by atoms with Crippen LogP contribution < -0.4 is 27.8 Å². The van der Waals surface area contributed by atoms with E-state index in [1.807, 2.05) is 0 Å². The lowest BCUT2D eigenvalue weighted by atomic mass is 9.82. The van der Waals surface area contributed by atoms with Gasteiger partial charge in [0, 0.05) is 25.0 Å². The van der Waals surface area contributed by atoms with Crippen molar-refractivity contribution < 1.29 is 59.5 Å². The van der Waals surface area contributed by atoms with E-state index in [9.17, 15) is 30.3 Å². The first kappa shape index (κ1) is 36.3. The number of carbonyl (C=O) groups excluding carboxylic acids is 1. The van der Waals surface area contributed by atoms with E-state index in [4.69, 9.17) is 46.4 Å². The lowest BCUT2D eigenvalue weighted by Crippen LogP contribution is -2.68. The smallest absolute Gasteiger partial charge is 0.250 e. The molecule has 2 aliphatic heterocycles. The minimum atomic E-state index is -1.93. The van der Waals surface area contributed by atoms with E-state index in [-0.39, 0.29) is 25.7 Å². The van der Waals surface area contributed by atoms with E-state index in [1.54, 1.807) is 6.92 Å². The van der Waals surface area contributed by atoms with Crippen LogP contribution in [-0.4, -0.2) is 160 Å². The Morgan fingerprint density at radius 1 is 1.07 bits per heavy atom. The summed E-state index contributed by atoms with van der Waals surface area (Å²) in [6.45, 7) is 2.95. The Bertz CT molecular complexity index is 876. The summed E-state index contributed by atoms with van der Waals surface area (Å²) < 4.78 is 23.8. The molecule has 15 N–H and O–H groups in total. The lowest BCUT2D eigenvalue weighted by molar-refractivity contribution is -0.314. The van der Waals surface area contributed by atoms with E-state index < -0.39 is 97.4 Å². The number of ether oxygens (including phenoxy) is 4. The van der Waals surface area contributed by atoms with Crippen LogP contribution in [0.15, 0.2) is 0 Å². The van der Waals surface area contributed by atoms with Crippen molar-refractivity contribution in [2.75, 3.05) is 32.9 Å². The fraction of sp³-hybridized carbons (Fsp3) is 0.962. The van der Waals surface area contributed by atoms with Gasteiger partial charge in [-0.05, 0) is 26.2 Å². The van der Waals surface area contributed by atoms with Crippen molar-refractivity contribution in [2.45, 2.75) is 118 Å². The Kier molecular flexibility index (Phi) is 13.5. The minimum absolute atomic E-state index is 0.0327. The molecule has 2 saturated heterocycles. The van der Waals surface area contributed by atoms with Gasteiger partial charge >= 0.3 is 0 Å². The standard InChI is InChI=1S/C26H51N5O12/c1-11-18(35)25(40-10-26(11,2)39)43-22-15(31-23(38)19(36)17(29)16(34)9-33)7-14(28)21(20(22)37)42-24-13(27)4-3-12(41-24)8-30-5-6-32/h11-22,24-25,30,32-37,39H,3-10,27-29H2,1-2H3,(H,31,38)/t11-,12+,13?,14+,15-,16+,17+,18?,19+,20?,21?,22?,24-,25-,26?/m1/s1. The number of amides is 1. The Balaban J connectivity index is 1.79. The van der Waals surface area contributed by atoms with Gasteiger partial charge in [-0.25, -0.2) is 0 Å². The van der Waals surface area contributed by atoms with Gasteiger partial charge in [0.05, 0.1) is 55.8 Å². The maximum absolute atomic E-state index is 12.9. The van der Waals surface area contributed by atoms with Crippen LogP contribution in [0.25, 0.3) is 0 Å². The van der Waals surface area contributed by atoms with E-state index in [0.29, 0.717) is 25.9 Å². The molecule has 0 radical (unpaired) electrons. The van der Waals surface area contributed by atoms with Gasteiger partial charge in [0.25, 0.3) is 5.91 Å². The second-order valence-electron chi connectivity index (χ2n) is 12.1. The van der Waals surface area contributed by atoms with Crippen LogP contribution in [0.5, 0.6) is 0 Å². The Labute approximate surface area is 250 Å². The van der Waals surface area contributed by atoms with Gasteiger partial charge < -0.3 is 82.5 Å². The molecule has 15 atom stereocenters. The predicted octanol–water partition coefficient (Wildman–Crippen LogP) is -6.11. The number of aliphatic hydroxyl groups is 7. The van der Waals surface area contributed by atoms with Crippen LogP contribution >= 0.6 is 0 Å². The number of hydrogen-bond donors (Lipinski definition) is 12. The van der Waals surface area contributed by atoms with Crippen LogP contribution in [0.1, 0.15) is 33.1 Å². The van der Waals surface area contributed by atoms with Crippen LogP contribution in [0.2, 0.25) is 0 Å². The maximum Gasteiger partial charge on any atom is 0.250 e. The Hall–Kier alpha value is -1.13. The highest BCUT2D eigenvalue weighted by atomic mass is 16.7. The average molecular weight is 626 g/mol. The van der Waals surface area contributed by atoms with Crippen molar-refractivity contribution in [1.29, 1.82) is 0 Å². The zero-order valence-corrected chi connectivity index (χ0v) is 24.6. The van der Waals surface area contributed by atoms with Crippen molar-refractivity contribution in [2.24, 2.45) is 23.1 Å². The number of rotatable bonds is 13. The van der Waals surface area contributed by atoms with Gasteiger partial charge in [-0.1, -0.05) is 6.92 Å². The number of aliphatic hydroxyl groups excluding tert-OH is 6. The van der Waals surface area contributed by atoms with Crippen LogP contribution in [0.4, 0.5) is 0 Å². The molecule has 43 heavy (non-hydrogen) atoms. The molecule has 3 aliphatic rings. The summed E-state index contributed by atoms with van der Waals surface area (Å²) in [4.78, 5) is 12.9. The molecule has 6 unspecified atom stereocenters. The first-order chi connectivity index (χ1) is 20.2. The molecule has 1 aliphatic carbocycles. The predicted molar refractivity (Wildman–Crippen MR) is 149 cm³/mol. The average Bonchev–Trinajstić information content (AvgIpc) is 2.97. The van der Waals surface area contributed by atoms with Gasteiger partial charge in [0.1, 0.15) is 30.5 Å². The number of nitrogens with one attached hydrogen (secondary N) is 2. The molecule has 1 amide bonds. The molecule has 17 heteroatoms. The summed E-state index contributed by atoms with van der Waals surface area (Å²) in [6, 6.07) is -4.00. The highest BCUT2D eigenvalue weighted by Gasteiger charge is 2.51. The highest BCUT2D eigenvalue weighted by molar-refractivity contribution is 5.81.